The van der Waals surface area contributed by atoms with Gasteiger partial charge in [-0.05, 0) is 24.6 Å². The first-order chi connectivity index (χ1) is 6.84. The molecule has 1 aliphatic heterocycles. The molecule has 2 rings (SSSR count). The van der Waals surface area contributed by atoms with Gasteiger partial charge in [0.25, 0.3) is 0 Å². The van der Waals surface area contributed by atoms with Crippen LogP contribution in [0.1, 0.15) is 19.4 Å². The van der Waals surface area contributed by atoms with E-state index >= 15 is 0 Å². The molecule has 1 aliphatic rings. The quantitative estimate of drug-likeness (QED) is 0.690. The van der Waals surface area contributed by atoms with Gasteiger partial charge >= 0.3 is 0 Å². The second kappa shape index (κ2) is 5.66. The van der Waals surface area contributed by atoms with Crippen LogP contribution < -0.4 is 4.74 Å². The number of ether oxygens (including phenoxy) is 2. The third-order valence-corrected chi connectivity index (χ3v) is 1.83. The molecular weight excluding hydrogens is 176 g/mol. The van der Waals surface area contributed by atoms with Crippen molar-refractivity contribution in [1.82, 2.24) is 0 Å². The number of aryl methyl sites for hydroxylation is 1. The van der Waals surface area contributed by atoms with Gasteiger partial charge in [0.2, 0.25) is 0 Å². The monoisotopic (exact) mass is 194 g/mol. The fourth-order valence-corrected chi connectivity index (χ4v) is 1.06. The Labute approximate surface area is 85.8 Å². The van der Waals surface area contributed by atoms with Gasteiger partial charge in [0, 0.05) is 0 Å². The van der Waals surface area contributed by atoms with Crippen LogP contribution >= 0.6 is 0 Å². The molecular formula is C12H18O2. The highest BCUT2D eigenvalue weighted by molar-refractivity contribution is 5.27. The van der Waals surface area contributed by atoms with E-state index in [0.717, 1.165) is 12.4 Å². The van der Waals surface area contributed by atoms with Crippen molar-refractivity contribution in [3.8, 4) is 5.75 Å². The summed E-state index contributed by atoms with van der Waals surface area (Å²) in [7, 11) is 0. The maximum Gasteiger partial charge on any atom is 0.119 e. The molecule has 0 aliphatic carbocycles. The fraction of sp³-hybridized carbons (Fsp3) is 0.500. The van der Waals surface area contributed by atoms with Gasteiger partial charge in [-0.25, -0.2) is 0 Å². The van der Waals surface area contributed by atoms with E-state index in [2.05, 4.69) is 13.0 Å². The summed E-state index contributed by atoms with van der Waals surface area (Å²) in [6.07, 6.45) is 0.338. The van der Waals surface area contributed by atoms with Crippen LogP contribution in [0.25, 0.3) is 0 Å². The van der Waals surface area contributed by atoms with Gasteiger partial charge in [-0.1, -0.05) is 26.0 Å². The first kappa shape index (κ1) is 11.1. The summed E-state index contributed by atoms with van der Waals surface area (Å²) in [6.45, 7) is 7.59. The van der Waals surface area contributed by atoms with E-state index in [1.807, 2.05) is 32.0 Å². The van der Waals surface area contributed by atoms with E-state index in [-0.39, 0.29) is 0 Å². The molecule has 0 bridgehead atoms. The number of hydrogen-bond donors (Lipinski definition) is 0. The smallest absolute Gasteiger partial charge is 0.119 e. The lowest BCUT2D eigenvalue weighted by Crippen LogP contribution is -2.03. The van der Waals surface area contributed by atoms with Crippen molar-refractivity contribution in [2.45, 2.75) is 26.9 Å². The third kappa shape index (κ3) is 3.79. The Morgan fingerprint density at radius 3 is 2.71 bits per heavy atom. The molecule has 0 aromatic heterocycles. The van der Waals surface area contributed by atoms with E-state index in [1.165, 1.54) is 5.56 Å². The van der Waals surface area contributed by atoms with E-state index in [9.17, 15) is 0 Å². The van der Waals surface area contributed by atoms with Crippen LogP contribution in [0.3, 0.4) is 0 Å². The first-order valence-electron chi connectivity index (χ1n) is 5.16. The molecule has 0 saturated carbocycles. The predicted molar refractivity (Wildman–Crippen MR) is 57.8 cm³/mol. The summed E-state index contributed by atoms with van der Waals surface area (Å²) < 4.78 is 10.5. The second-order valence-corrected chi connectivity index (χ2v) is 3.08. The molecule has 1 unspecified atom stereocenters. The van der Waals surface area contributed by atoms with Gasteiger partial charge in [0.15, 0.2) is 0 Å². The molecule has 1 aromatic rings. The molecule has 0 N–H and O–H groups in total. The van der Waals surface area contributed by atoms with Crippen LogP contribution in [-0.4, -0.2) is 19.3 Å². The van der Waals surface area contributed by atoms with Crippen LogP contribution in [0.4, 0.5) is 0 Å². The molecule has 0 radical (unpaired) electrons. The molecule has 2 heteroatoms. The lowest BCUT2D eigenvalue weighted by atomic mass is 10.2. The van der Waals surface area contributed by atoms with E-state index in [0.29, 0.717) is 12.7 Å². The molecule has 14 heavy (non-hydrogen) atoms. The highest BCUT2D eigenvalue weighted by Crippen LogP contribution is 2.15. The van der Waals surface area contributed by atoms with Crippen molar-refractivity contribution in [3.05, 3.63) is 29.8 Å². The van der Waals surface area contributed by atoms with E-state index < -0.39 is 0 Å². The molecule has 1 heterocycles. The third-order valence-electron chi connectivity index (χ3n) is 1.83. The van der Waals surface area contributed by atoms with Crippen LogP contribution in [0.5, 0.6) is 5.75 Å². The molecule has 1 saturated heterocycles. The molecule has 78 valence electrons. The van der Waals surface area contributed by atoms with Crippen LogP contribution in [0.15, 0.2) is 24.3 Å². The Hall–Kier alpha value is -1.02. The summed E-state index contributed by atoms with van der Waals surface area (Å²) in [4.78, 5) is 0. The fourth-order valence-electron chi connectivity index (χ4n) is 1.06. The Kier molecular flexibility index (Phi) is 4.47. The lowest BCUT2D eigenvalue weighted by molar-refractivity contribution is 0.263. The minimum atomic E-state index is 0.338. The lowest BCUT2D eigenvalue weighted by Gasteiger charge is -2.03. The second-order valence-electron chi connectivity index (χ2n) is 3.08. The maximum atomic E-state index is 5.49. The summed E-state index contributed by atoms with van der Waals surface area (Å²) in [5.74, 6) is 0.936. The van der Waals surface area contributed by atoms with Gasteiger partial charge in [-0.2, -0.15) is 0 Å². The summed E-state index contributed by atoms with van der Waals surface area (Å²) in [5.41, 5.74) is 1.23. The Bertz CT molecular complexity index is 267. The highest BCUT2D eigenvalue weighted by Gasteiger charge is 2.22. The molecule has 0 spiro atoms. The van der Waals surface area contributed by atoms with E-state index in [4.69, 9.17) is 9.47 Å². The first-order valence-corrected chi connectivity index (χ1v) is 5.16. The predicted octanol–water partition coefficient (Wildman–Crippen LogP) is 2.80. The largest absolute Gasteiger partial charge is 0.491 e. The van der Waals surface area contributed by atoms with Gasteiger partial charge in [-0.15, -0.1) is 0 Å². The zero-order valence-electron chi connectivity index (χ0n) is 9.12. The zero-order valence-corrected chi connectivity index (χ0v) is 9.12. The van der Waals surface area contributed by atoms with Crippen molar-refractivity contribution < 1.29 is 9.47 Å². The van der Waals surface area contributed by atoms with Gasteiger partial charge in [0.1, 0.15) is 18.5 Å². The number of benzene rings is 1. The van der Waals surface area contributed by atoms with Crippen LogP contribution in [-0.2, 0) is 4.74 Å². The SMILES string of the molecule is CC.Cc1cccc(OCC2CO2)c1. The van der Waals surface area contributed by atoms with Crippen molar-refractivity contribution in [2.75, 3.05) is 13.2 Å². The van der Waals surface area contributed by atoms with Crippen LogP contribution in [0.2, 0.25) is 0 Å². The normalized spacial score (nSPS) is 18.1. The molecule has 2 nitrogen and oxygen atoms in total. The molecule has 0 amide bonds. The van der Waals surface area contributed by atoms with Crippen molar-refractivity contribution in [1.29, 1.82) is 0 Å². The maximum absolute atomic E-state index is 5.49. The zero-order chi connectivity index (χ0) is 10.4. The summed E-state index contributed by atoms with van der Waals surface area (Å²) in [5, 5.41) is 0. The summed E-state index contributed by atoms with van der Waals surface area (Å²) in [6, 6.07) is 8.05. The van der Waals surface area contributed by atoms with Gasteiger partial charge in [0.05, 0.1) is 6.61 Å². The number of hydrogen-bond acceptors (Lipinski definition) is 2. The topological polar surface area (TPSA) is 21.8 Å². The minimum absolute atomic E-state index is 0.338. The van der Waals surface area contributed by atoms with Crippen LogP contribution in [0, 0.1) is 6.92 Å². The number of epoxide rings is 1. The molecule has 1 fully saturated rings. The Balaban J connectivity index is 0.000000461. The minimum Gasteiger partial charge on any atom is -0.491 e. The average molecular weight is 194 g/mol. The van der Waals surface area contributed by atoms with Crippen molar-refractivity contribution in [3.63, 3.8) is 0 Å². The Morgan fingerprint density at radius 2 is 2.14 bits per heavy atom. The number of rotatable bonds is 3. The molecule has 1 atom stereocenters. The standard InChI is InChI=1S/C10H12O2.C2H6/c1-8-3-2-4-9(5-8)11-6-10-7-12-10;1-2/h2-5,10H,6-7H2,1H3;1-2H3. The van der Waals surface area contributed by atoms with Gasteiger partial charge < -0.3 is 9.47 Å². The van der Waals surface area contributed by atoms with Crippen molar-refractivity contribution >= 4 is 0 Å². The van der Waals surface area contributed by atoms with Gasteiger partial charge in [-0.3, -0.25) is 0 Å². The Morgan fingerprint density at radius 1 is 1.43 bits per heavy atom. The molecule has 1 aromatic carbocycles. The van der Waals surface area contributed by atoms with Crippen molar-refractivity contribution in [2.24, 2.45) is 0 Å². The average Bonchev–Trinajstić information content (AvgIpc) is 3.02. The summed E-state index contributed by atoms with van der Waals surface area (Å²) >= 11 is 0. The van der Waals surface area contributed by atoms with E-state index in [1.54, 1.807) is 0 Å². The highest BCUT2D eigenvalue weighted by atomic mass is 16.6.